The number of carbonyl (C=O) groups excluding carboxylic acids is 1. The van der Waals surface area contributed by atoms with Crippen molar-refractivity contribution >= 4 is 5.91 Å². The Morgan fingerprint density at radius 1 is 1.33 bits per heavy atom. The minimum Gasteiger partial charge on any atom is -0.339 e. The molecule has 0 fully saturated rings. The van der Waals surface area contributed by atoms with Crippen molar-refractivity contribution in [2.24, 2.45) is 0 Å². The fraction of sp³-hybridized carbons (Fsp3) is 0.600. The highest BCUT2D eigenvalue weighted by molar-refractivity contribution is 5.87. The van der Waals surface area contributed by atoms with Gasteiger partial charge in [-0.15, -0.1) is 0 Å². The second-order valence-electron chi connectivity index (χ2n) is 2.68. The van der Waals surface area contributed by atoms with E-state index in [1.54, 1.807) is 0 Å². The third-order valence-corrected chi connectivity index (χ3v) is 1.54. The van der Waals surface area contributed by atoms with Crippen LogP contribution in [0, 0.1) is 6.92 Å². The van der Waals surface area contributed by atoms with Gasteiger partial charge in [0.25, 0.3) is 0 Å². The van der Waals surface area contributed by atoms with Gasteiger partial charge in [-0.1, -0.05) is 19.9 Å². The Morgan fingerprint density at radius 2 is 1.83 bits per heavy atom. The number of rotatable bonds is 5. The zero-order valence-electron chi connectivity index (χ0n) is 7.92. The van der Waals surface area contributed by atoms with Gasteiger partial charge in [-0.05, 0) is 25.8 Å². The zero-order valence-corrected chi connectivity index (χ0v) is 7.92. The second kappa shape index (κ2) is 6.89. The van der Waals surface area contributed by atoms with Crippen molar-refractivity contribution in [1.82, 2.24) is 4.90 Å². The van der Waals surface area contributed by atoms with E-state index >= 15 is 0 Å². The molecule has 0 saturated heterocycles. The van der Waals surface area contributed by atoms with E-state index in [-0.39, 0.29) is 5.91 Å². The van der Waals surface area contributed by atoms with Crippen LogP contribution in [0.15, 0.2) is 12.2 Å². The molecule has 0 rings (SSSR count). The molecule has 12 heavy (non-hydrogen) atoms. The minimum absolute atomic E-state index is 0.0150. The van der Waals surface area contributed by atoms with Crippen LogP contribution in [-0.4, -0.2) is 23.9 Å². The summed E-state index contributed by atoms with van der Waals surface area (Å²) < 4.78 is 0. The Hall–Kier alpha value is -0.790. The van der Waals surface area contributed by atoms with E-state index in [1.165, 1.54) is 12.2 Å². The van der Waals surface area contributed by atoms with Gasteiger partial charge in [-0.3, -0.25) is 4.79 Å². The van der Waals surface area contributed by atoms with E-state index in [0.717, 1.165) is 25.9 Å². The molecule has 1 amide bonds. The Bertz CT molecular complexity index is 146. The van der Waals surface area contributed by atoms with Gasteiger partial charge >= 0.3 is 0 Å². The lowest BCUT2D eigenvalue weighted by Gasteiger charge is -2.19. The lowest BCUT2D eigenvalue weighted by atomic mass is 10.3. The molecule has 0 aromatic heterocycles. The maximum Gasteiger partial charge on any atom is 0.246 e. The average Bonchev–Trinajstić information content (AvgIpc) is 2.04. The fourth-order valence-electron chi connectivity index (χ4n) is 1.06. The molecule has 0 atom stereocenters. The van der Waals surface area contributed by atoms with Crippen molar-refractivity contribution in [1.29, 1.82) is 0 Å². The molecule has 0 bridgehead atoms. The number of nitrogens with zero attached hydrogens (tertiary/aromatic N) is 1. The number of amides is 1. The first-order valence-corrected chi connectivity index (χ1v) is 4.43. The fourth-order valence-corrected chi connectivity index (χ4v) is 1.06. The first-order valence-electron chi connectivity index (χ1n) is 4.43. The van der Waals surface area contributed by atoms with E-state index in [9.17, 15) is 4.79 Å². The monoisotopic (exact) mass is 167 g/mol. The van der Waals surface area contributed by atoms with Crippen molar-refractivity contribution in [3.8, 4) is 0 Å². The molecule has 68 valence electrons. The smallest absolute Gasteiger partial charge is 0.246 e. The molecule has 0 aromatic carbocycles. The minimum atomic E-state index is 0.0150. The summed E-state index contributed by atoms with van der Waals surface area (Å²) >= 11 is 0. The zero-order chi connectivity index (χ0) is 9.40. The summed E-state index contributed by atoms with van der Waals surface area (Å²) in [4.78, 5) is 13.1. The maximum atomic E-state index is 11.3. The molecule has 0 spiro atoms. The third-order valence-electron chi connectivity index (χ3n) is 1.54. The van der Waals surface area contributed by atoms with E-state index in [1.807, 2.05) is 4.90 Å². The van der Waals surface area contributed by atoms with E-state index < -0.39 is 0 Å². The Morgan fingerprint density at radius 3 is 2.17 bits per heavy atom. The molecular formula is C10H17NO. The van der Waals surface area contributed by atoms with Crippen LogP contribution < -0.4 is 0 Å². The molecule has 0 aliphatic carbocycles. The maximum absolute atomic E-state index is 11.3. The van der Waals surface area contributed by atoms with Crippen LogP contribution in [0.1, 0.15) is 26.7 Å². The summed E-state index contributed by atoms with van der Waals surface area (Å²) in [7, 11) is 0. The van der Waals surface area contributed by atoms with Crippen LogP contribution in [0.3, 0.4) is 0 Å². The predicted octanol–water partition coefficient (Wildman–Crippen LogP) is 1.90. The van der Waals surface area contributed by atoms with E-state index in [4.69, 9.17) is 6.92 Å². The van der Waals surface area contributed by atoms with Crippen molar-refractivity contribution in [2.75, 3.05) is 13.1 Å². The molecule has 0 aliphatic rings. The van der Waals surface area contributed by atoms with Crippen LogP contribution in [0.25, 0.3) is 0 Å². The van der Waals surface area contributed by atoms with Crippen LogP contribution >= 0.6 is 0 Å². The summed E-state index contributed by atoms with van der Waals surface area (Å²) in [5, 5.41) is 0. The number of allylic oxidation sites excluding steroid dienone is 1. The molecule has 0 saturated carbocycles. The summed E-state index contributed by atoms with van der Waals surface area (Å²) in [5.74, 6) is 0.0150. The molecular weight excluding hydrogens is 150 g/mol. The van der Waals surface area contributed by atoms with E-state index in [2.05, 4.69) is 13.8 Å². The molecule has 0 aromatic rings. The van der Waals surface area contributed by atoms with Gasteiger partial charge < -0.3 is 4.90 Å². The number of hydrogen-bond donors (Lipinski definition) is 0. The Kier molecular flexibility index (Phi) is 6.44. The highest BCUT2D eigenvalue weighted by Crippen LogP contribution is 1.95. The lowest BCUT2D eigenvalue weighted by molar-refractivity contribution is -0.126. The Balaban J connectivity index is 3.98. The molecule has 0 unspecified atom stereocenters. The van der Waals surface area contributed by atoms with Gasteiger partial charge in [-0.2, -0.15) is 0 Å². The standard InChI is InChI=1S/C10H17NO/c1-4-7-10(12)11(8-5-2)9-6-3/h1,4,7H,5-6,8-9H2,2-3H3/b7-4+. The number of carbonyl (C=O) groups is 1. The van der Waals surface area contributed by atoms with Gasteiger partial charge in [0.05, 0.1) is 0 Å². The average molecular weight is 167 g/mol. The second-order valence-corrected chi connectivity index (χ2v) is 2.68. The molecule has 0 aliphatic heterocycles. The Labute approximate surface area is 75.3 Å². The van der Waals surface area contributed by atoms with Gasteiger partial charge in [0.1, 0.15) is 0 Å². The topological polar surface area (TPSA) is 20.3 Å². The largest absolute Gasteiger partial charge is 0.339 e. The van der Waals surface area contributed by atoms with Gasteiger partial charge in [-0.25, -0.2) is 0 Å². The summed E-state index contributed by atoms with van der Waals surface area (Å²) in [6.45, 7) is 10.9. The lowest BCUT2D eigenvalue weighted by Crippen LogP contribution is -2.30. The van der Waals surface area contributed by atoms with Crippen LogP contribution in [0.5, 0.6) is 0 Å². The highest BCUT2D eigenvalue weighted by atomic mass is 16.2. The normalized spacial score (nSPS) is 10.6. The van der Waals surface area contributed by atoms with Crippen molar-refractivity contribution < 1.29 is 4.79 Å². The van der Waals surface area contributed by atoms with Crippen LogP contribution in [0.2, 0.25) is 0 Å². The van der Waals surface area contributed by atoms with Crippen LogP contribution in [-0.2, 0) is 4.79 Å². The summed E-state index contributed by atoms with van der Waals surface area (Å²) in [5.41, 5.74) is 0. The number of hydrogen-bond acceptors (Lipinski definition) is 1. The highest BCUT2D eigenvalue weighted by Gasteiger charge is 2.06. The first kappa shape index (κ1) is 11.2. The molecule has 2 heteroatoms. The summed E-state index contributed by atoms with van der Waals surface area (Å²) in [6, 6.07) is 0. The predicted molar refractivity (Wildman–Crippen MR) is 50.6 cm³/mol. The van der Waals surface area contributed by atoms with Crippen LogP contribution in [0.4, 0.5) is 0 Å². The van der Waals surface area contributed by atoms with Crippen molar-refractivity contribution in [2.45, 2.75) is 26.7 Å². The third kappa shape index (κ3) is 4.16. The summed E-state index contributed by atoms with van der Waals surface area (Å²) in [6.07, 6.45) is 4.68. The SMILES string of the molecule is [CH]/C=C/C(=O)N(CCC)CCC. The van der Waals surface area contributed by atoms with Gasteiger partial charge in [0.15, 0.2) is 0 Å². The quantitative estimate of drug-likeness (QED) is 0.573. The molecule has 0 N–H and O–H groups in total. The van der Waals surface area contributed by atoms with E-state index in [0.29, 0.717) is 0 Å². The van der Waals surface area contributed by atoms with Crippen molar-refractivity contribution in [3.05, 3.63) is 19.1 Å². The first-order chi connectivity index (χ1) is 5.76. The van der Waals surface area contributed by atoms with Gasteiger partial charge in [0, 0.05) is 13.1 Å². The molecule has 2 radical (unpaired) electrons. The van der Waals surface area contributed by atoms with Crippen molar-refractivity contribution in [3.63, 3.8) is 0 Å². The van der Waals surface area contributed by atoms with Gasteiger partial charge in [0.2, 0.25) is 5.91 Å². The molecule has 2 nitrogen and oxygen atoms in total. The molecule has 0 heterocycles.